The summed E-state index contributed by atoms with van der Waals surface area (Å²) in [5, 5.41) is 2.45. The van der Waals surface area contributed by atoms with Gasteiger partial charge in [-0.25, -0.2) is 4.39 Å². The van der Waals surface area contributed by atoms with Crippen LogP contribution in [0.4, 0.5) is 10.1 Å². The largest absolute Gasteiger partial charge is 0.325 e. The van der Waals surface area contributed by atoms with Gasteiger partial charge in [0.15, 0.2) is 0 Å². The number of rotatable bonds is 6. The predicted octanol–water partition coefficient (Wildman–Crippen LogP) is 1.81. The maximum absolute atomic E-state index is 13.1. The molecule has 0 saturated carbocycles. The Morgan fingerprint density at radius 2 is 1.69 bits per heavy atom. The zero-order valence-corrected chi connectivity index (χ0v) is 14.4. The molecule has 1 aliphatic rings. The normalized spacial score (nSPS) is 14.3. The van der Waals surface area contributed by atoms with Crippen molar-refractivity contribution in [3.05, 3.63) is 65.5 Å². The third-order valence-electron chi connectivity index (χ3n) is 3.82. The highest BCUT2D eigenvalue weighted by molar-refractivity contribution is 7.85. The highest BCUT2D eigenvalue weighted by Crippen LogP contribution is 2.22. The molecule has 0 fully saturated rings. The average Bonchev–Trinajstić information content (AvgIpc) is 2.84. The Morgan fingerprint density at radius 1 is 1.04 bits per heavy atom. The van der Waals surface area contributed by atoms with Gasteiger partial charge in [0, 0.05) is 28.8 Å². The Kier molecular flexibility index (Phi) is 5.22. The molecule has 6 nitrogen and oxygen atoms in total. The van der Waals surface area contributed by atoms with Crippen molar-refractivity contribution in [1.82, 2.24) is 4.90 Å². The number of hydrogen-bond donors (Lipinski definition) is 1. The molecule has 0 bridgehead atoms. The summed E-state index contributed by atoms with van der Waals surface area (Å²) >= 11 is 0. The SMILES string of the molecule is O=C(C[S@](=O)CCN1C(=O)c2ccccc2C1=O)Nc1cccc(F)c1. The fraction of sp³-hybridized carbons (Fsp3) is 0.167. The van der Waals surface area contributed by atoms with Gasteiger partial charge in [0.05, 0.1) is 11.1 Å². The van der Waals surface area contributed by atoms with E-state index in [4.69, 9.17) is 0 Å². The number of carbonyl (C=O) groups excluding carboxylic acids is 3. The topological polar surface area (TPSA) is 83.6 Å². The lowest BCUT2D eigenvalue weighted by molar-refractivity contribution is -0.113. The first-order valence-corrected chi connectivity index (χ1v) is 9.30. The lowest BCUT2D eigenvalue weighted by atomic mass is 10.1. The third kappa shape index (κ3) is 3.85. The van der Waals surface area contributed by atoms with E-state index in [1.807, 2.05) is 0 Å². The van der Waals surface area contributed by atoms with Crippen LogP contribution in [-0.4, -0.2) is 44.9 Å². The fourth-order valence-electron chi connectivity index (χ4n) is 2.62. The quantitative estimate of drug-likeness (QED) is 0.782. The Bertz CT molecular complexity index is 881. The second-order valence-electron chi connectivity index (χ2n) is 5.65. The number of amides is 3. The molecule has 2 aromatic carbocycles. The van der Waals surface area contributed by atoms with Crippen molar-refractivity contribution in [3.8, 4) is 0 Å². The maximum atomic E-state index is 13.1. The molecule has 1 heterocycles. The summed E-state index contributed by atoms with van der Waals surface area (Å²) in [5.41, 5.74) is 0.923. The van der Waals surface area contributed by atoms with Crippen molar-refractivity contribution in [1.29, 1.82) is 0 Å². The summed E-state index contributed by atoms with van der Waals surface area (Å²) in [4.78, 5) is 37.3. The van der Waals surface area contributed by atoms with E-state index in [-0.39, 0.29) is 23.7 Å². The van der Waals surface area contributed by atoms with Gasteiger partial charge in [-0.1, -0.05) is 18.2 Å². The summed E-state index contributed by atoms with van der Waals surface area (Å²) < 4.78 is 25.2. The van der Waals surface area contributed by atoms with E-state index in [9.17, 15) is 23.0 Å². The van der Waals surface area contributed by atoms with E-state index in [2.05, 4.69) is 5.32 Å². The van der Waals surface area contributed by atoms with Crippen LogP contribution in [0.2, 0.25) is 0 Å². The standard InChI is InChI=1S/C18H15FN2O4S/c19-12-4-3-5-13(10-12)20-16(22)11-26(25)9-8-21-17(23)14-6-1-2-7-15(14)18(21)24/h1-7,10H,8-9,11H2,(H,20,22)/t26-/m1/s1. The summed E-state index contributed by atoms with van der Waals surface area (Å²) in [5.74, 6) is -2.19. The summed E-state index contributed by atoms with van der Waals surface area (Å²) in [6.45, 7) is -0.0355. The lowest BCUT2D eigenvalue weighted by Gasteiger charge is -2.13. The Hall–Kier alpha value is -2.87. The first-order valence-electron chi connectivity index (χ1n) is 7.81. The van der Waals surface area contributed by atoms with E-state index in [1.165, 1.54) is 18.2 Å². The molecule has 1 atom stereocenters. The molecule has 0 unspecified atom stereocenters. The lowest BCUT2D eigenvalue weighted by Crippen LogP contribution is -2.34. The molecule has 26 heavy (non-hydrogen) atoms. The van der Waals surface area contributed by atoms with Crippen LogP contribution in [0.25, 0.3) is 0 Å². The van der Waals surface area contributed by atoms with Gasteiger partial charge in [0.25, 0.3) is 11.8 Å². The molecule has 0 radical (unpaired) electrons. The minimum atomic E-state index is -1.57. The van der Waals surface area contributed by atoms with Crippen molar-refractivity contribution < 1.29 is 23.0 Å². The number of halogens is 1. The number of carbonyl (C=O) groups is 3. The molecule has 0 saturated heterocycles. The summed E-state index contributed by atoms with van der Waals surface area (Å²) in [6.07, 6.45) is 0. The number of hydrogen-bond acceptors (Lipinski definition) is 4. The van der Waals surface area contributed by atoms with Gasteiger partial charge >= 0.3 is 0 Å². The van der Waals surface area contributed by atoms with Crippen molar-refractivity contribution in [3.63, 3.8) is 0 Å². The molecule has 2 aromatic rings. The van der Waals surface area contributed by atoms with E-state index >= 15 is 0 Å². The van der Waals surface area contributed by atoms with Gasteiger partial charge in [-0.05, 0) is 30.3 Å². The first kappa shape index (κ1) is 17.9. The van der Waals surface area contributed by atoms with Gasteiger partial charge in [-0.15, -0.1) is 0 Å². The third-order valence-corrected chi connectivity index (χ3v) is 5.04. The number of anilines is 1. The van der Waals surface area contributed by atoms with Gasteiger partial charge < -0.3 is 5.32 Å². The number of nitrogens with zero attached hydrogens (tertiary/aromatic N) is 1. The Morgan fingerprint density at radius 3 is 2.31 bits per heavy atom. The molecular weight excluding hydrogens is 359 g/mol. The molecule has 0 aromatic heterocycles. The second kappa shape index (κ2) is 7.57. The van der Waals surface area contributed by atoms with Crippen molar-refractivity contribution in [2.45, 2.75) is 0 Å². The highest BCUT2D eigenvalue weighted by Gasteiger charge is 2.34. The first-order chi connectivity index (χ1) is 12.5. The maximum Gasteiger partial charge on any atom is 0.261 e. The number of fused-ring (bicyclic) bond motifs is 1. The molecule has 0 spiro atoms. The smallest absolute Gasteiger partial charge is 0.261 e. The minimum Gasteiger partial charge on any atom is -0.325 e. The molecule has 1 N–H and O–H groups in total. The summed E-state index contributed by atoms with van der Waals surface area (Å²) in [6, 6.07) is 11.8. The van der Waals surface area contributed by atoms with E-state index < -0.39 is 34.3 Å². The molecular formula is C18H15FN2O4S. The average molecular weight is 374 g/mol. The minimum absolute atomic E-state index is 0.0119. The highest BCUT2D eigenvalue weighted by atomic mass is 32.2. The fourth-order valence-corrected chi connectivity index (χ4v) is 3.51. The van der Waals surface area contributed by atoms with Gasteiger partial charge in [0.2, 0.25) is 5.91 Å². The number of imide groups is 1. The van der Waals surface area contributed by atoms with Crippen molar-refractivity contribution >= 4 is 34.2 Å². The predicted molar refractivity (Wildman–Crippen MR) is 94.7 cm³/mol. The second-order valence-corrected chi connectivity index (χ2v) is 7.23. The van der Waals surface area contributed by atoms with Gasteiger partial charge in [0.1, 0.15) is 11.6 Å². The van der Waals surface area contributed by atoms with Crippen LogP contribution >= 0.6 is 0 Å². The van der Waals surface area contributed by atoms with Crippen LogP contribution in [0.3, 0.4) is 0 Å². The molecule has 1 aliphatic heterocycles. The van der Waals surface area contributed by atoms with Crippen molar-refractivity contribution in [2.24, 2.45) is 0 Å². The Balaban J connectivity index is 1.52. The van der Waals surface area contributed by atoms with Crippen molar-refractivity contribution in [2.75, 3.05) is 23.4 Å². The van der Waals surface area contributed by atoms with E-state index in [0.717, 1.165) is 11.0 Å². The molecule has 134 valence electrons. The van der Waals surface area contributed by atoms with Crippen LogP contribution in [0.1, 0.15) is 20.7 Å². The van der Waals surface area contributed by atoms with Crippen LogP contribution in [0.5, 0.6) is 0 Å². The molecule has 3 amide bonds. The number of benzene rings is 2. The van der Waals surface area contributed by atoms with E-state index in [1.54, 1.807) is 24.3 Å². The summed E-state index contributed by atoms with van der Waals surface area (Å²) in [7, 11) is -1.57. The monoisotopic (exact) mass is 374 g/mol. The Labute approximate surface area is 151 Å². The van der Waals surface area contributed by atoms with Gasteiger partial charge in [-0.2, -0.15) is 0 Å². The van der Waals surface area contributed by atoms with E-state index in [0.29, 0.717) is 11.1 Å². The van der Waals surface area contributed by atoms with Crippen LogP contribution in [-0.2, 0) is 15.6 Å². The van der Waals surface area contributed by atoms with Crippen LogP contribution in [0, 0.1) is 5.82 Å². The van der Waals surface area contributed by atoms with Gasteiger partial charge in [-0.3, -0.25) is 23.5 Å². The molecule has 0 aliphatic carbocycles. The number of nitrogens with one attached hydrogen (secondary N) is 1. The zero-order valence-electron chi connectivity index (χ0n) is 13.6. The molecule has 8 heteroatoms. The zero-order chi connectivity index (χ0) is 18.7. The molecule has 3 rings (SSSR count). The van der Waals surface area contributed by atoms with Crippen LogP contribution < -0.4 is 5.32 Å². The van der Waals surface area contributed by atoms with Crippen LogP contribution in [0.15, 0.2) is 48.5 Å².